The first-order valence-corrected chi connectivity index (χ1v) is 11.7. The average Bonchev–Trinajstić information content (AvgIpc) is 2.96. The zero-order valence-corrected chi connectivity index (χ0v) is 18.2. The molecule has 28 heavy (non-hydrogen) atoms. The number of nitrogens with zero attached hydrogens (tertiary/aromatic N) is 2. The van der Waals surface area contributed by atoms with Gasteiger partial charge in [0.1, 0.15) is 0 Å². The van der Waals surface area contributed by atoms with Crippen LogP contribution in [0.25, 0.3) is 11.3 Å². The maximum absolute atomic E-state index is 13.4. The highest BCUT2D eigenvalue weighted by atomic mass is 35.5. The van der Waals surface area contributed by atoms with Gasteiger partial charge in [-0.2, -0.15) is 4.99 Å². The number of hydrogen-bond donors (Lipinski definition) is 0. The summed E-state index contributed by atoms with van der Waals surface area (Å²) >= 11 is 7.71. The van der Waals surface area contributed by atoms with E-state index in [4.69, 9.17) is 16.6 Å². The molecule has 1 aromatic carbocycles. The van der Waals surface area contributed by atoms with Gasteiger partial charge >= 0.3 is 0 Å². The van der Waals surface area contributed by atoms with Gasteiger partial charge in [0.2, 0.25) is 0 Å². The molecule has 0 radical (unpaired) electrons. The molecule has 1 amide bonds. The molecule has 4 bridgehead atoms. The van der Waals surface area contributed by atoms with Gasteiger partial charge in [0.25, 0.3) is 5.91 Å². The lowest BCUT2D eigenvalue weighted by Crippen LogP contribution is -2.49. The van der Waals surface area contributed by atoms with Crippen LogP contribution >= 0.6 is 22.9 Å². The molecule has 0 N–H and O–H groups in total. The van der Waals surface area contributed by atoms with Gasteiger partial charge in [-0.3, -0.25) is 4.79 Å². The van der Waals surface area contributed by atoms with Crippen molar-refractivity contribution in [2.45, 2.75) is 58.9 Å². The summed E-state index contributed by atoms with van der Waals surface area (Å²) < 4.78 is 2.20. The third-order valence-electron chi connectivity index (χ3n) is 7.20. The molecule has 0 spiro atoms. The summed E-state index contributed by atoms with van der Waals surface area (Å²) in [5, 5.41) is 0.738. The van der Waals surface area contributed by atoms with E-state index in [1.54, 1.807) is 11.3 Å². The Bertz CT molecular complexity index is 950. The molecule has 1 heterocycles. The van der Waals surface area contributed by atoms with Crippen molar-refractivity contribution in [3.05, 3.63) is 39.0 Å². The molecule has 0 unspecified atom stereocenters. The molecule has 3 nitrogen and oxygen atoms in total. The Hall–Kier alpha value is -1.39. The van der Waals surface area contributed by atoms with E-state index in [9.17, 15) is 4.79 Å². The van der Waals surface area contributed by atoms with Crippen molar-refractivity contribution in [3.63, 3.8) is 0 Å². The minimum absolute atomic E-state index is 0.151. The van der Waals surface area contributed by atoms with Crippen molar-refractivity contribution in [2.75, 3.05) is 0 Å². The van der Waals surface area contributed by atoms with Crippen molar-refractivity contribution in [2.24, 2.45) is 28.2 Å². The first-order chi connectivity index (χ1) is 13.5. The Morgan fingerprint density at radius 2 is 1.71 bits per heavy atom. The minimum Gasteiger partial charge on any atom is -0.316 e. The van der Waals surface area contributed by atoms with Gasteiger partial charge in [-0.1, -0.05) is 23.7 Å². The molecule has 4 fully saturated rings. The summed E-state index contributed by atoms with van der Waals surface area (Å²) in [6.45, 7) is 5.05. The molecule has 4 aliphatic rings. The standard InChI is InChI=1S/C23H27ClN2OS/c1-3-26-20(18-4-6-19(24)7-5-18)14(2)28-22(26)25-21(27)23-11-15-8-16(12-23)10-17(9-15)13-23/h4-7,15-17H,3,8-13H2,1-2H3. The Morgan fingerprint density at radius 1 is 1.14 bits per heavy atom. The summed E-state index contributed by atoms with van der Waals surface area (Å²) in [6, 6.07) is 7.94. The van der Waals surface area contributed by atoms with Crippen LogP contribution in [0.5, 0.6) is 0 Å². The largest absolute Gasteiger partial charge is 0.316 e. The molecule has 4 saturated carbocycles. The first kappa shape index (κ1) is 18.6. The highest BCUT2D eigenvalue weighted by molar-refractivity contribution is 7.09. The number of carbonyl (C=O) groups is 1. The lowest BCUT2D eigenvalue weighted by Gasteiger charge is -2.55. The van der Waals surface area contributed by atoms with Gasteiger partial charge in [0.05, 0.1) is 11.1 Å². The quantitative estimate of drug-likeness (QED) is 0.620. The molecule has 0 aliphatic heterocycles. The number of aryl methyl sites for hydroxylation is 1. The first-order valence-electron chi connectivity index (χ1n) is 10.5. The smallest absolute Gasteiger partial charge is 0.254 e. The molecule has 1 aromatic heterocycles. The van der Waals surface area contributed by atoms with Crippen LogP contribution < -0.4 is 4.80 Å². The number of benzene rings is 1. The van der Waals surface area contributed by atoms with Crippen molar-refractivity contribution >= 4 is 28.8 Å². The zero-order valence-electron chi connectivity index (χ0n) is 16.6. The van der Waals surface area contributed by atoms with Crippen molar-refractivity contribution in [1.29, 1.82) is 0 Å². The van der Waals surface area contributed by atoms with Gasteiger partial charge in [-0.25, -0.2) is 0 Å². The van der Waals surface area contributed by atoms with Crippen LogP contribution in [0.3, 0.4) is 0 Å². The second-order valence-electron chi connectivity index (χ2n) is 9.16. The third kappa shape index (κ3) is 3.00. The highest BCUT2D eigenvalue weighted by Crippen LogP contribution is 2.60. The number of amides is 1. The van der Waals surface area contributed by atoms with Crippen molar-refractivity contribution < 1.29 is 4.79 Å². The minimum atomic E-state index is -0.168. The lowest BCUT2D eigenvalue weighted by atomic mass is 9.49. The molecular weight excluding hydrogens is 388 g/mol. The number of thiazole rings is 1. The van der Waals surface area contributed by atoms with Crippen LogP contribution in [0.2, 0.25) is 5.02 Å². The molecule has 0 atom stereocenters. The predicted molar refractivity (Wildman–Crippen MR) is 114 cm³/mol. The van der Waals surface area contributed by atoms with E-state index in [2.05, 4.69) is 18.4 Å². The van der Waals surface area contributed by atoms with Crippen LogP contribution in [0.15, 0.2) is 29.3 Å². The lowest BCUT2D eigenvalue weighted by molar-refractivity contribution is -0.142. The zero-order chi connectivity index (χ0) is 19.5. The second-order valence-corrected chi connectivity index (χ2v) is 10.8. The topological polar surface area (TPSA) is 34.4 Å². The predicted octanol–water partition coefficient (Wildman–Crippen LogP) is 5.84. The molecule has 0 saturated heterocycles. The van der Waals surface area contributed by atoms with E-state index < -0.39 is 0 Å². The summed E-state index contributed by atoms with van der Waals surface area (Å²) in [6.07, 6.45) is 7.26. The van der Waals surface area contributed by atoms with E-state index in [0.29, 0.717) is 0 Å². The molecule has 2 aromatic rings. The van der Waals surface area contributed by atoms with E-state index in [1.165, 1.54) is 24.1 Å². The number of aromatic nitrogens is 1. The fraction of sp³-hybridized carbons (Fsp3) is 0.565. The second kappa shape index (κ2) is 6.84. The van der Waals surface area contributed by atoms with Crippen molar-refractivity contribution in [1.82, 2.24) is 4.57 Å². The van der Waals surface area contributed by atoms with Crippen molar-refractivity contribution in [3.8, 4) is 11.3 Å². The normalized spacial score (nSPS) is 31.5. The fourth-order valence-corrected chi connectivity index (χ4v) is 7.63. The summed E-state index contributed by atoms with van der Waals surface area (Å²) in [5.74, 6) is 2.44. The Morgan fingerprint density at radius 3 is 2.25 bits per heavy atom. The van der Waals surface area contributed by atoms with Crippen LogP contribution in [-0.2, 0) is 11.3 Å². The summed E-state index contributed by atoms with van der Waals surface area (Å²) in [7, 11) is 0. The Labute approximate surface area is 175 Å². The molecule has 4 aliphatic carbocycles. The van der Waals surface area contributed by atoms with Crippen LogP contribution in [0, 0.1) is 30.1 Å². The molecule has 148 valence electrons. The molecule has 6 rings (SSSR count). The van der Waals surface area contributed by atoms with Gasteiger partial charge < -0.3 is 4.57 Å². The average molecular weight is 415 g/mol. The molecule has 5 heteroatoms. The van der Waals surface area contributed by atoms with Crippen LogP contribution in [0.1, 0.15) is 50.3 Å². The highest BCUT2D eigenvalue weighted by Gasteiger charge is 2.54. The van der Waals surface area contributed by atoms with Crippen LogP contribution in [0.4, 0.5) is 0 Å². The maximum Gasteiger partial charge on any atom is 0.254 e. The number of carbonyl (C=O) groups excluding carboxylic acids is 1. The van der Waals surface area contributed by atoms with E-state index in [0.717, 1.165) is 64.6 Å². The molecular formula is C23H27ClN2OS. The summed E-state index contributed by atoms with van der Waals surface area (Å²) in [5.41, 5.74) is 2.11. The maximum atomic E-state index is 13.4. The fourth-order valence-electron chi connectivity index (χ4n) is 6.45. The third-order valence-corrected chi connectivity index (χ3v) is 8.45. The Balaban J connectivity index is 1.54. The SMILES string of the molecule is CCn1c(-c2ccc(Cl)cc2)c(C)sc1=NC(=O)C12CC3CC(CC(C3)C1)C2. The number of hydrogen-bond acceptors (Lipinski definition) is 2. The van der Waals surface area contributed by atoms with E-state index in [1.807, 2.05) is 24.3 Å². The number of rotatable bonds is 3. The summed E-state index contributed by atoms with van der Waals surface area (Å²) in [4.78, 5) is 20.3. The van der Waals surface area contributed by atoms with E-state index in [-0.39, 0.29) is 11.3 Å². The van der Waals surface area contributed by atoms with Gasteiger partial charge in [-0.05, 0) is 87.8 Å². The van der Waals surface area contributed by atoms with E-state index >= 15 is 0 Å². The Kier molecular flexibility index (Phi) is 4.55. The van der Waals surface area contributed by atoms with Crippen LogP contribution in [-0.4, -0.2) is 10.5 Å². The van der Waals surface area contributed by atoms with Gasteiger partial charge in [0.15, 0.2) is 4.80 Å². The van der Waals surface area contributed by atoms with Gasteiger partial charge in [-0.15, -0.1) is 11.3 Å². The monoisotopic (exact) mass is 414 g/mol. The van der Waals surface area contributed by atoms with Gasteiger partial charge in [0, 0.05) is 16.4 Å². The number of halogens is 1.